The monoisotopic (exact) mass is 477 g/mol. The molecule has 5 heterocycles. The molecular weight excluding hydrogens is 450 g/mol. The molecule has 0 aliphatic carbocycles. The van der Waals surface area contributed by atoms with Crippen LogP contribution in [-0.4, -0.2) is 39.0 Å². The van der Waals surface area contributed by atoms with Crippen LogP contribution in [0.5, 0.6) is 10.9 Å². The van der Waals surface area contributed by atoms with Gasteiger partial charge in [0.2, 0.25) is 0 Å². The minimum Gasteiger partial charge on any atom is -0.460 e. The SMILES string of the molecule is NC(=O)NC1CC2CCCC[C@@H](C1)N2Cc1cc2cc(Oc3nc4ncccc4s3)ccc2o1. The predicted molar refractivity (Wildman–Crippen MR) is 131 cm³/mol. The Bertz CT molecular complexity index is 1290. The van der Waals surface area contributed by atoms with E-state index >= 15 is 0 Å². The lowest BCUT2D eigenvalue weighted by molar-refractivity contribution is 0.0558. The number of rotatable bonds is 5. The van der Waals surface area contributed by atoms with Crippen molar-refractivity contribution in [2.24, 2.45) is 5.73 Å². The Balaban J connectivity index is 1.20. The summed E-state index contributed by atoms with van der Waals surface area (Å²) in [6.07, 6.45) is 8.35. The highest BCUT2D eigenvalue weighted by Crippen LogP contribution is 2.36. The third-order valence-corrected chi connectivity index (χ3v) is 7.84. The maximum Gasteiger partial charge on any atom is 0.312 e. The van der Waals surface area contributed by atoms with Crippen molar-refractivity contribution < 1.29 is 13.9 Å². The molecule has 0 radical (unpaired) electrons. The number of urea groups is 1. The second-order valence-corrected chi connectivity index (χ2v) is 10.3. The topological polar surface area (TPSA) is 107 Å². The fraction of sp³-hybridized carbons (Fsp3) is 0.400. The first-order valence-electron chi connectivity index (χ1n) is 11.8. The van der Waals surface area contributed by atoms with Gasteiger partial charge in [-0.3, -0.25) is 4.90 Å². The van der Waals surface area contributed by atoms with Crippen LogP contribution >= 0.6 is 11.3 Å². The summed E-state index contributed by atoms with van der Waals surface area (Å²) in [6, 6.07) is 12.5. The fourth-order valence-corrected chi connectivity index (χ4v) is 6.31. The maximum absolute atomic E-state index is 11.4. The number of carbonyl (C=O) groups excluding carboxylic acids is 1. The Kier molecular flexibility index (Phi) is 5.58. The second-order valence-electron chi connectivity index (χ2n) is 9.26. The molecule has 0 spiro atoms. The number of nitrogens with zero attached hydrogens (tertiary/aromatic N) is 3. The summed E-state index contributed by atoms with van der Waals surface area (Å²) in [6.45, 7) is 0.771. The fourth-order valence-electron chi connectivity index (χ4n) is 5.52. The van der Waals surface area contributed by atoms with E-state index in [0.717, 1.165) is 59.4 Å². The lowest BCUT2D eigenvalue weighted by Crippen LogP contribution is -2.54. The van der Waals surface area contributed by atoms with Gasteiger partial charge in [0, 0.05) is 29.7 Å². The van der Waals surface area contributed by atoms with Crippen LogP contribution < -0.4 is 15.8 Å². The van der Waals surface area contributed by atoms with Gasteiger partial charge >= 0.3 is 6.03 Å². The Morgan fingerprint density at radius 1 is 1.21 bits per heavy atom. The molecule has 3 N–H and O–H groups in total. The van der Waals surface area contributed by atoms with E-state index in [1.165, 1.54) is 24.2 Å². The van der Waals surface area contributed by atoms with Gasteiger partial charge in [0.15, 0.2) is 5.65 Å². The lowest BCUT2D eigenvalue weighted by atomic mass is 9.90. The Hall–Kier alpha value is -3.17. The molecule has 3 aromatic heterocycles. The number of primary amides is 1. The first kappa shape index (κ1) is 21.4. The van der Waals surface area contributed by atoms with Gasteiger partial charge in [0.1, 0.15) is 17.1 Å². The van der Waals surface area contributed by atoms with Crippen LogP contribution in [0.2, 0.25) is 0 Å². The van der Waals surface area contributed by atoms with Gasteiger partial charge in [-0.2, -0.15) is 4.98 Å². The number of hydrogen-bond acceptors (Lipinski definition) is 7. The zero-order valence-electron chi connectivity index (χ0n) is 18.8. The first-order valence-corrected chi connectivity index (χ1v) is 12.7. The molecule has 3 atom stereocenters. The van der Waals surface area contributed by atoms with Crippen LogP contribution in [0, 0.1) is 0 Å². The first-order chi connectivity index (χ1) is 16.6. The largest absolute Gasteiger partial charge is 0.460 e. The van der Waals surface area contributed by atoms with Crippen LogP contribution in [0.1, 0.15) is 44.3 Å². The van der Waals surface area contributed by atoms with Gasteiger partial charge in [0.05, 0.1) is 11.2 Å². The second kappa shape index (κ2) is 8.88. The summed E-state index contributed by atoms with van der Waals surface area (Å²) in [5, 5.41) is 4.54. The molecule has 0 saturated carbocycles. The van der Waals surface area contributed by atoms with E-state index in [-0.39, 0.29) is 6.04 Å². The van der Waals surface area contributed by atoms with E-state index in [4.69, 9.17) is 14.9 Å². The van der Waals surface area contributed by atoms with E-state index in [9.17, 15) is 4.79 Å². The zero-order chi connectivity index (χ0) is 23.1. The van der Waals surface area contributed by atoms with Crippen LogP contribution in [0.25, 0.3) is 21.3 Å². The van der Waals surface area contributed by atoms with Crippen LogP contribution in [0.3, 0.4) is 0 Å². The molecule has 176 valence electrons. The summed E-state index contributed by atoms with van der Waals surface area (Å²) in [5.74, 6) is 1.68. The van der Waals surface area contributed by atoms with Crippen molar-refractivity contribution in [1.82, 2.24) is 20.2 Å². The maximum atomic E-state index is 11.4. The summed E-state index contributed by atoms with van der Waals surface area (Å²) in [7, 11) is 0. The van der Waals surface area contributed by atoms with E-state index in [1.54, 1.807) is 6.20 Å². The third kappa shape index (κ3) is 4.33. The normalized spacial score (nSPS) is 23.1. The Morgan fingerprint density at radius 2 is 2.03 bits per heavy atom. The van der Waals surface area contributed by atoms with Crippen molar-refractivity contribution in [1.29, 1.82) is 0 Å². The standard InChI is InChI=1S/C25H27N5O3S/c26-24(31)28-16-12-17-4-1-2-5-18(13-16)30(17)14-20-11-15-10-19(7-8-21(15)32-20)33-25-29-23-22(34-25)6-3-9-27-23/h3,6-11,16-18H,1-2,4-5,12-14H2,(H3,26,28,31)/t16?,17-,18?/m0/s1. The molecule has 6 rings (SSSR count). The minimum absolute atomic E-state index is 0.162. The number of nitrogens with one attached hydrogen (secondary N) is 1. The highest BCUT2D eigenvalue weighted by Gasteiger charge is 2.37. The number of amides is 2. The Labute approximate surface area is 201 Å². The van der Waals surface area contributed by atoms with Crippen LogP contribution in [0.15, 0.2) is 47.0 Å². The molecule has 2 amide bonds. The van der Waals surface area contributed by atoms with Crippen molar-refractivity contribution in [2.45, 2.75) is 63.2 Å². The third-order valence-electron chi connectivity index (χ3n) is 6.95. The van der Waals surface area contributed by atoms with Gasteiger partial charge < -0.3 is 20.2 Å². The summed E-state index contributed by atoms with van der Waals surface area (Å²) in [5.41, 5.74) is 6.95. The number of thiazole rings is 1. The van der Waals surface area contributed by atoms with Crippen LogP contribution in [-0.2, 0) is 6.54 Å². The molecule has 2 saturated heterocycles. The van der Waals surface area contributed by atoms with Crippen LogP contribution in [0.4, 0.5) is 4.79 Å². The van der Waals surface area contributed by atoms with E-state index < -0.39 is 6.03 Å². The molecule has 2 aliphatic rings. The van der Waals surface area contributed by atoms with Gasteiger partial charge in [-0.1, -0.05) is 24.2 Å². The van der Waals surface area contributed by atoms with Gasteiger partial charge in [0.25, 0.3) is 5.19 Å². The number of carbonyl (C=O) groups is 1. The molecule has 2 aliphatic heterocycles. The highest BCUT2D eigenvalue weighted by atomic mass is 32.1. The minimum atomic E-state index is -0.424. The summed E-state index contributed by atoms with van der Waals surface area (Å²) in [4.78, 5) is 22.7. The number of nitrogens with two attached hydrogens (primary N) is 1. The van der Waals surface area contributed by atoms with Crippen molar-refractivity contribution >= 4 is 38.7 Å². The smallest absolute Gasteiger partial charge is 0.312 e. The number of ether oxygens (including phenoxy) is 1. The molecular formula is C25H27N5O3S. The molecule has 34 heavy (non-hydrogen) atoms. The van der Waals surface area contributed by atoms with Crippen molar-refractivity contribution in [3.05, 3.63) is 48.4 Å². The summed E-state index contributed by atoms with van der Waals surface area (Å²) < 4.78 is 13.2. The summed E-state index contributed by atoms with van der Waals surface area (Å²) >= 11 is 1.48. The number of benzene rings is 1. The number of aromatic nitrogens is 2. The molecule has 8 nitrogen and oxygen atoms in total. The molecule has 2 bridgehead atoms. The van der Waals surface area contributed by atoms with Gasteiger partial charge in [-0.15, -0.1) is 0 Å². The van der Waals surface area contributed by atoms with E-state index in [1.807, 2.05) is 30.3 Å². The average Bonchev–Trinajstić information content (AvgIpc) is 3.37. The van der Waals surface area contributed by atoms with Crippen molar-refractivity contribution in [2.75, 3.05) is 0 Å². The highest BCUT2D eigenvalue weighted by molar-refractivity contribution is 7.20. The number of furan rings is 1. The molecule has 4 aromatic rings. The van der Waals surface area contributed by atoms with E-state index in [0.29, 0.717) is 22.9 Å². The van der Waals surface area contributed by atoms with Crippen molar-refractivity contribution in [3.63, 3.8) is 0 Å². The number of piperidine rings is 1. The number of pyridine rings is 1. The molecule has 2 fully saturated rings. The van der Waals surface area contributed by atoms with Gasteiger partial charge in [-0.05, 0) is 62.1 Å². The van der Waals surface area contributed by atoms with Gasteiger partial charge in [-0.25, -0.2) is 9.78 Å². The molecule has 1 aromatic carbocycles. The predicted octanol–water partition coefficient (Wildman–Crippen LogP) is 5.17. The lowest BCUT2D eigenvalue weighted by Gasteiger charge is -2.43. The van der Waals surface area contributed by atoms with Crippen molar-refractivity contribution in [3.8, 4) is 10.9 Å². The number of hydrogen-bond donors (Lipinski definition) is 2. The number of fused-ring (bicyclic) bond motifs is 4. The molecule has 2 unspecified atom stereocenters. The average molecular weight is 478 g/mol. The quantitative estimate of drug-likeness (QED) is 0.410. The molecule has 9 heteroatoms. The zero-order valence-corrected chi connectivity index (χ0v) is 19.6. The van der Waals surface area contributed by atoms with E-state index in [2.05, 4.69) is 26.3 Å². The Morgan fingerprint density at radius 3 is 2.79 bits per heavy atom.